The number of morpholine rings is 1. The van der Waals surface area contributed by atoms with Crippen molar-refractivity contribution in [2.45, 2.75) is 18.3 Å². The molecule has 2 rings (SSSR count). The average molecular weight is 334 g/mol. The topological polar surface area (TPSA) is 90.6 Å². The highest BCUT2D eigenvalue weighted by atomic mass is 32.2. The predicted octanol–water partition coefficient (Wildman–Crippen LogP) is 1.49. The number of nitrogens with zero attached hydrogens (tertiary/aromatic N) is 2. The third kappa shape index (κ3) is 5.58. The highest BCUT2D eigenvalue weighted by Gasteiger charge is 2.25. The lowest BCUT2D eigenvalue weighted by Crippen LogP contribution is -2.46. The van der Waals surface area contributed by atoms with E-state index in [1.165, 1.54) is 11.8 Å². The zero-order valence-corrected chi connectivity index (χ0v) is 13.4. The van der Waals surface area contributed by atoms with Gasteiger partial charge in [0.2, 0.25) is 5.91 Å². The lowest BCUT2D eigenvalue weighted by Gasteiger charge is -2.32. The standard InChI is InChI=1S/C16H18N2O4S/c17-8-12-1-3-13(4-2-12)10-23-11-15(19)18-5-6-22-14(9-18)7-16(20)21/h1-4,14H,5-7,9-11H2,(H,20,21). The van der Waals surface area contributed by atoms with Crippen molar-refractivity contribution in [2.24, 2.45) is 0 Å². The molecule has 7 heteroatoms. The van der Waals surface area contributed by atoms with Gasteiger partial charge in [0.25, 0.3) is 0 Å². The van der Waals surface area contributed by atoms with E-state index in [2.05, 4.69) is 6.07 Å². The lowest BCUT2D eigenvalue weighted by molar-refractivity contribution is -0.146. The fourth-order valence-corrected chi connectivity index (χ4v) is 3.17. The Morgan fingerprint density at radius 1 is 1.39 bits per heavy atom. The molecule has 1 N–H and O–H groups in total. The number of hydrogen-bond donors (Lipinski definition) is 1. The van der Waals surface area contributed by atoms with Gasteiger partial charge in [0.1, 0.15) is 0 Å². The van der Waals surface area contributed by atoms with E-state index < -0.39 is 12.1 Å². The van der Waals surface area contributed by atoms with Crippen LogP contribution < -0.4 is 0 Å². The van der Waals surface area contributed by atoms with E-state index in [4.69, 9.17) is 15.1 Å². The summed E-state index contributed by atoms with van der Waals surface area (Å²) in [4.78, 5) is 24.6. The van der Waals surface area contributed by atoms with E-state index in [9.17, 15) is 9.59 Å². The predicted molar refractivity (Wildman–Crippen MR) is 85.9 cm³/mol. The number of carbonyl (C=O) groups is 2. The molecule has 122 valence electrons. The van der Waals surface area contributed by atoms with Gasteiger partial charge in [0, 0.05) is 18.8 Å². The van der Waals surface area contributed by atoms with Crippen LogP contribution in [-0.4, -0.2) is 53.4 Å². The summed E-state index contributed by atoms with van der Waals surface area (Å²) in [5.74, 6) is 0.127. The average Bonchev–Trinajstić information content (AvgIpc) is 2.55. The SMILES string of the molecule is N#Cc1ccc(CSCC(=O)N2CCOC(CC(=O)O)C2)cc1. The van der Waals surface area contributed by atoms with Crippen LogP contribution in [0.1, 0.15) is 17.5 Å². The first-order valence-electron chi connectivity index (χ1n) is 7.26. The van der Waals surface area contributed by atoms with Crippen LogP contribution in [-0.2, 0) is 20.1 Å². The Labute approximate surface area is 139 Å². The fraction of sp³-hybridized carbons (Fsp3) is 0.438. The van der Waals surface area contributed by atoms with Gasteiger partial charge in [-0.25, -0.2) is 0 Å². The van der Waals surface area contributed by atoms with Crippen molar-refractivity contribution in [3.05, 3.63) is 35.4 Å². The van der Waals surface area contributed by atoms with Gasteiger partial charge in [-0.15, -0.1) is 11.8 Å². The highest BCUT2D eigenvalue weighted by Crippen LogP contribution is 2.15. The Morgan fingerprint density at radius 3 is 2.78 bits per heavy atom. The Balaban J connectivity index is 1.75. The molecular formula is C16H18N2O4S. The maximum absolute atomic E-state index is 12.2. The van der Waals surface area contributed by atoms with Crippen molar-refractivity contribution >= 4 is 23.6 Å². The number of hydrogen-bond acceptors (Lipinski definition) is 5. The number of rotatable bonds is 6. The summed E-state index contributed by atoms with van der Waals surface area (Å²) >= 11 is 1.51. The molecule has 0 aromatic heterocycles. The molecule has 1 amide bonds. The maximum Gasteiger partial charge on any atom is 0.306 e. The van der Waals surface area contributed by atoms with Gasteiger partial charge in [0.05, 0.1) is 36.5 Å². The van der Waals surface area contributed by atoms with Crippen LogP contribution in [0.3, 0.4) is 0 Å². The molecule has 1 saturated heterocycles. The van der Waals surface area contributed by atoms with E-state index in [0.29, 0.717) is 36.8 Å². The molecule has 1 aliphatic heterocycles. The zero-order chi connectivity index (χ0) is 16.7. The first kappa shape index (κ1) is 17.3. The van der Waals surface area contributed by atoms with E-state index in [1.807, 2.05) is 12.1 Å². The number of thioether (sulfide) groups is 1. The van der Waals surface area contributed by atoms with Gasteiger partial charge in [-0.3, -0.25) is 9.59 Å². The monoisotopic (exact) mass is 334 g/mol. The van der Waals surface area contributed by atoms with Crippen molar-refractivity contribution in [2.75, 3.05) is 25.4 Å². The Kier molecular flexibility index (Phi) is 6.44. The van der Waals surface area contributed by atoms with Crippen LogP contribution >= 0.6 is 11.8 Å². The highest BCUT2D eigenvalue weighted by molar-refractivity contribution is 7.99. The number of carboxylic acid groups (broad SMARTS) is 1. The van der Waals surface area contributed by atoms with Gasteiger partial charge in [-0.1, -0.05) is 12.1 Å². The second-order valence-corrected chi connectivity index (χ2v) is 6.22. The number of benzene rings is 1. The maximum atomic E-state index is 12.2. The van der Waals surface area contributed by atoms with Crippen molar-refractivity contribution < 1.29 is 19.4 Å². The summed E-state index contributed by atoms with van der Waals surface area (Å²) in [5, 5.41) is 17.5. The Hall–Kier alpha value is -2.04. The van der Waals surface area contributed by atoms with Crippen molar-refractivity contribution in [3.8, 4) is 6.07 Å². The van der Waals surface area contributed by atoms with E-state index in [0.717, 1.165) is 5.56 Å². The molecule has 0 bridgehead atoms. The second kappa shape index (κ2) is 8.56. The largest absolute Gasteiger partial charge is 0.481 e. The molecule has 0 radical (unpaired) electrons. The molecule has 1 unspecified atom stereocenters. The van der Waals surface area contributed by atoms with Gasteiger partial charge >= 0.3 is 5.97 Å². The van der Waals surface area contributed by atoms with E-state index >= 15 is 0 Å². The number of aliphatic carboxylic acids is 1. The van der Waals surface area contributed by atoms with Crippen LogP contribution in [0.5, 0.6) is 0 Å². The summed E-state index contributed by atoms with van der Waals surface area (Å²) in [6, 6.07) is 9.35. The fourth-order valence-electron chi connectivity index (χ4n) is 2.29. The first-order valence-corrected chi connectivity index (χ1v) is 8.42. The van der Waals surface area contributed by atoms with Gasteiger partial charge in [0.15, 0.2) is 0 Å². The van der Waals surface area contributed by atoms with Gasteiger partial charge in [-0.2, -0.15) is 5.26 Å². The van der Waals surface area contributed by atoms with E-state index in [1.54, 1.807) is 17.0 Å². The second-order valence-electron chi connectivity index (χ2n) is 5.23. The summed E-state index contributed by atoms with van der Waals surface area (Å²) in [5.41, 5.74) is 1.68. The van der Waals surface area contributed by atoms with Crippen LogP contribution in [0, 0.1) is 11.3 Å². The molecule has 1 aromatic rings. The Morgan fingerprint density at radius 2 is 2.13 bits per heavy atom. The number of carboxylic acids is 1. The minimum absolute atomic E-state index is 0.00216. The third-order valence-electron chi connectivity index (χ3n) is 3.47. The normalized spacial score (nSPS) is 17.5. The lowest BCUT2D eigenvalue weighted by atomic mass is 10.2. The number of carbonyl (C=O) groups excluding carboxylic acids is 1. The van der Waals surface area contributed by atoms with Crippen LogP contribution in [0.4, 0.5) is 0 Å². The molecule has 1 heterocycles. The van der Waals surface area contributed by atoms with Crippen molar-refractivity contribution in [3.63, 3.8) is 0 Å². The van der Waals surface area contributed by atoms with Gasteiger partial charge < -0.3 is 14.7 Å². The van der Waals surface area contributed by atoms with Gasteiger partial charge in [-0.05, 0) is 17.7 Å². The minimum Gasteiger partial charge on any atom is -0.481 e. The van der Waals surface area contributed by atoms with Crippen molar-refractivity contribution in [1.29, 1.82) is 5.26 Å². The molecule has 0 saturated carbocycles. The summed E-state index contributed by atoms with van der Waals surface area (Å²) in [7, 11) is 0. The molecule has 1 fully saturated rings. The molecule has 0 spiro atoms. The summed E-state index contributed by atoms with van der Waals surface area (Å²) < 4.78 is 5.36. The quantitative estimate of drug-likeness (QED) is 0.848. The molecular weight excluding hydrogens is 316 g/mol. The number of nitriles is 1. The van der Waals surface area contributed by atoms with Crippen LogP contribution in [0.15, 0.2) is 24.3 Å². The number of amides is 1. The molecule has 1 aromatic carbocycles. The smallest absolute Gasteiger partial charge is 0.306 e. The summed E-state index contributed by atoms with van der Waals surface area (Å²) in [6.45, 7) is 1.22. The summed E-state index contributed by atoms with van der Waals surface area (Å²) in [6.07, 6.45) is -0.504. The molecule has 1 aliphatic rings. The Bertz CT molecular complexity index is 597. The van der Waals surface area contributed by atoms with Crippen LogP contribution in [0.2, 0.25) is 0 Å². The van der Waals surface area contributed by atoms with E-state index in [-0.39, 0.29) is 12.3 Å². The third-order valence-corrected chi connectivity index (χ3v) is 4.46. The minimum atomic E-state index is -0.917. The molecule has 1 atom stereocenters. The molecule has 23 heavy (non-hydrogen) atoms. The van der Waals surface area contributed by atoms with Crippen molar-refractivity contribution in [1.82, 2.24) is 4.90 Å². The first-order chi connectivity index (χ1) is 11.1. The zero-order valence-electron chi connectivity index (χ0n) is 12.6. The van der Waals surface area contributed by atoms with Crippen LogP contribution in [0.25, 0.3) is 0 Å². The molecule has 0 aliphatic carbocycles. The molecule has 6 nitrogen and oxygen atoms in total. The number of ether oxygens (including phenoxy) is 1.